The summed E-state index contributed by atoms with van der Waals surface area (Å²) in [6, 6.07) is 8.21. The molecule has 1 N–H and O–H groups in total. The molecule has 6 nitrogen and oxygen atoms in total. The Hall–Kier alpha value is -2.44. The highest BCUT2D eigenvalue weighted by Crippen LogP contribution is 2.38. The zero-order valence-corrected chi connectivity index (χ0v) is 16.9. The summed E-state index contributed by atoms with van der Waals surface area (Å²) in [5.41, 5.74) is 4.17. The minimum Gasteiger partial charge on any atom is -0.493 e. The second kappa shape index (κ2) is 9.48. The third-order valence-electron chi connectivity index (χ3n) is 3.80. The van der Waals surface area contributed by atoms with E-state index in [1.165, 1.54) is 21.3 Å². The van der Waals surface area contributed by atoms with E-state index in [-0.39, 0.29) is 0 Å². The molecule has 0 bridgehead atoms. The van der Waals surface area contributed by atoms with Gasteiger partial charge in [0.15, 0.2) is 11.5 Å². The highest BCUT2D eigenvalue weighted by atomic mass is 35.5. The summed E-state index contributed by atoms with van der Waals surface area (Å²) in [5, 5.41) is 5.20. The monoisotopic (exact) mass is 410 g/mol. The van der Waals surface area contributed by atoms with E-state index in [4.69, 9.17) is 37.4 Å². The number of nitrogens with zero attached hydrogens (tertiary/aromatic N) is 1. The van der Waals surface area contributed by atoms with Crippen LogP contribution >= 0.6 is 23.2 Å². The van der Waals surface area contributed by atoms with Gasteiger partial charge in [-0.2, -0.15) is 5.10 Å². The molecule has 27 heavy (non-hydrogen) atoms. The smallest absolute Gasteiger partial charge is 0.271 e. The molecule has 2 rings (SSSR count). The molecule has 0 aliphatic rings. The molecule has 0 saturated heterocycles. The number of carbonyl (C=O) groups is 1. The summed E-state index contributed by atoms with van der Waals surface area (Å²) in [5.74, 6) is 0.734. The first kappa shape index (κ1) is 20.9. The van der Waals surface area contributed by atoms with E-state index >= 15 is 0 Å². The molecular weight excluding hydrogens is 391 g/mol. The number of rotatable bonds is 7. The van der Waals surface area contributed by atoms with Crippen LogP contribution in [0.3, 0.4) is 0 Å². The van der Waals surface area contributed by atoms with E-state index < -0.39 is 5.91 Å². The van der Waals surface area contributed by atoms with E-state index in [1.54, 1.807) is 30.3 Å². The predicted molar refractivity (Wildman–Crippen MR) is 107 cm³/mol. The van der Waals surface area contributed by atoms with Crippen LogP contribution in [-0.2, 0) is 0 Å². The molecule has 0 spiro atoms. The summed E-state index contributed by atoms with van der Waals surface area (Å²) < 4.78 is 15.8. The second-order valence-electron chi connectivity index (χ2n) is 5.39. The van der Waals surface area contributed by atoms with Crippen LogP contribution in [-0.4, -0.2) is 32.9 Å². The fourth-order valence-corrected chi connectivity index (χ4v) is 2.97. The molecule has 144 valence electrons. The highest BCUT2D eigenvalue weighted by Gasteiger charge is 2.17. The predicted octanol–water partition coefficient (Wildman–Crippen LogP) is 4.56. The van der Waals surface area contributed by atoms with Crippen LogP contribution in [0.4, 0.5) is 0 Å². The van der Waals surface area contributed by atoms with Crippen molar-refractivity contribution < 1.29 is 19.0 Å². The van der Waals surface area contributed by atoms with E-state index in [0.717, 1.165) is 0 Å². The molecule has 0 unspecified atom stereocenters. The zero-order valence-electron chi connectivity index (χ0n) is 15.4. The Morgan fingerprint density at radius 3 is 2.15 bits per heavy atom. The molecule has 0 fully saturated rings. The largest absolute Gasteiger partial charge is 0.493 e. The Morgan fingerprint density at radius 1 is 1.04 bits per heavy atom. The van der Waals surface area contributed by atoms with Gasteiger partial charge in [-0.1, -0.05) is 36.2 Å². The Bertz CT molecular complexity index is 844. The lowest BCUT2D eigenvalue weighted by molar-refractivity contribution is 0.0954. The number of hydrazone groups is 1. The van der Waals surface area contributed by atoms with Crippen molar-refractivity contribution in [1.82, 2.24) is 5.43 Å². The number of benzene rings is 2. The Morgan fingerprint density at radius 2 is 1.67 bits per heavy atom. The lowest BCUT2D eigenvalue weighted by atomic mass is 10.1. The number of ether oxygens (including phenoxy) is 3. The first-order valence-corrected chi connectivity index (χ1v) is 8.83. The molecule has 0 atom stereocenters. The molecule has 0 aromatic heterocycles. The van der Waals surface area contributed by atoms with Crippen LogP contribution in [0.5, 0.6) is 17.2 Å². The number of methoxy groups -OCH3 is 3. The molecule has 0 radical (unpaired) electrons. The van der Waals surface area contributed by atoms with Gasteiger partial charge in [0.25, 0.3) is 5.91 Å². The summed E-state index contributed by atoms with van der Waals surface area (Å²) >= 11 is 12.1. The van der Waals surface area contributed by atoms with Gasteiger partial charge in [-0.3, -0.25) is 4.79 Å². The van der Waals surface area contributed by atoms with Gasteiger partial charge in [-0.25, -0.2) is 5.43 Å². The minimum atomic E-state index is -0.426. The number of amides is 1. The first-order valence-electron chi connectivity index (χ1n) is 8.07. The lowest BCUT2D eigenvalue weighted by Crippen LogP contribution is -2.20. The summed E-state index contributed by atoms with van der Waals surface area (Å²) in [7, 11) is 4.46. The zero-order chi connectivity index (χ0) is 20.0. The van der Waals surface area contributed by atoms with Gasteiger partial charge in [0.05, 0.1) is 32.1 Å². The molecular formula is C19H20Cl2N2O4. The van der Waals surface area contributed by atoms with Crippen LogP contribution in [0.2, 0.25) is 10.0 Å². The number of carbonyl (C=O) groups excluding carboxylic acids is 1. The van der Waals surface area contributed by atoms with Gasteiger partial charge in [-0.15, -0.1) is 0 Å². The number of halogens is 2. The maximum atomic E-state index is 12.5. The van der Waals surface area contributed by atoms with Crippen molar-refractivity contribution in [2.24, 2.45) is 5.10 Å². The van der Waals surface area contributed by atoms with Crippen LogP contribution in [0, 0.1) is 0 Å². The van der Waals surface area contributed by atoms with Gasteiger partial charge in [-0.05, 0) is 30.7 Å². The Labute approximate surface area is 168 Å². The molecule has 0 aliphatic heterocycles. The van der Waals surface area contributed by atoms with E-state index in [0.29, 0.717) is 50.6 Å². The molecule has 1 amide bonds. The SMILES string of the molecule is CCC(=NNC(=O)c1cc(OC)c(OC)c(OC)c1)c1ccc(Cl)cc1Cl. The number of hydrogen-bond donors (Lipinski definition) is 1. The van der Waals surface area contributed by atoms with Gasteiger partial charge >= 0.3 is 0 Å². The fourth-order valence-electron chi connectivity index (χ4n) is 2.45. The molecule has 8 heteroatoms. The van der Waals surface area contributed by atoms with Crippen molar-refractivity contribution in [3.63, 3.8) is 0 Å². The van der Waals surface area contributed by atoms with Crippen LogP contribution in [0.15, 0.2) is 35.4 Å². The average Bonchev–Trinajstić information content (AvgIpc) is 2.68. The molecule has 0 heterocycles. The standard InChI is InChI=1S/C19H20Cl2N2O4/c1-5-15(13-7-6-12(20)10-14(13)21)22-23-19(24)11-8-16(25-2)18(27-4)17(9-11)26-3/h6-10H,5H2,1-4H3,(H,23,24). The first-order chi connectivity index (χ1) is 12.9. The number of nitrogens with one attached hydrogen (secondary N) is 1. The number of hydrogen-bond acceptors (Lipinski definition) is 5. The minimum absolute atomic E-state index is 0.311. The van der Waals surface area contributed by atoms with Gasteiger partial charge in [0, 0.05) is 16.1 Å². The Balaban J connectivity index is 2.31. The van der Waals surface area contributed by atoms with Crippen molar-refractivity contribution in [1.29, 1.82) is 0 Å². The van der Waals surface area contributed by atoms with Crippen molar-refractivity contribution in [3.8, 4) is 17.2 Å². The van der Waals surface area contributed by atoms with Crippen molar-refractivity contribution in [3.05, 3.63) is 51.5 Å². The summed E-state index contributed by atoms with van der Waals surface area (Å²) in [6.45, 7) is 1.91. The van der Waals surface area contributed by atoms with Crippen LogP contribution < -0.4 is 19.6 Å². The maximum absolute atomic E-state index is 12.5. The van der Waals surface area contributed by atoms with Crippen molar-refractivity contribution >= 4 is 34.8 Å². The fraction of sp³-hybridized carbons (Fsp3) is 0.263. The quantitative estimate of drug-likeness (QED) is 0.536. The van der Waals surface area contributed by atoms with Gasteiger partial charge < -0.3 is 14.2 Å². The van der Waals surface area contributed by atoms with Crippen molar-refractivity contribution in [2.75, 3.05) is 21.3 Å². The van der Waals surface area contributed by atoms with Crippen LogP contribution in [0.1, 0.15) is 29.3 Å². The normalized spacial score (nSPS) is 11.1. The van der Waals surface area contributed by atoms with Crippen molar-refractivity contribution in [2.45, 2.75) is 13.3 Å². The molecule has 0 aliphatic carbocycles. The lowest BCUT2D eigenvalue weighted by Gasteiger charge is -2.13. The van der Waals surface area contributed by atoms with Crippen LogP contribution in [0.25, 0.3) is 0 Å². The molecule has 2 aromatic rings. The van der Waals surface area contributed by atoms with E-state index in [2.05, 4.69) is 10.5 Å². The topological polar surface area (TPSA) is 69.2 Å². The van der Waals surface area contributed by atoms with E-state index in [9.17, 15) is 4.79 Å². The highest BCUT2D eigenvalue weighted by molar-refractivity contribution is 6.37. The van der Waals surface area contributed by atoms with Gasteiger partial charge in [0.1, 0.15) is 0 Å². The summed E-state index contributed by atoms with van der Waals surface area (Å²) in [6.07, 6.45) is 0.566. The van der Waals surface area contributed by atoms with E-state index in [1.807, 2.05) is 6.92 Å². The average molecular weight is 411 g/mol. The summed E-state index contributed by atoms with van der Waals surface area (Å²) in [4.78, 5) is 12.5. The maximum Gasteiger partial charge on any atom is 0.271 e. The van der Waals surface area contributed by atoms with Gasteiger partial charge in [0.2, 0.25) is 5.75 Å². The third kappa shape index (κ3) is 4.84. The molecule has 0 saturated carbocycles. The molecule has 2 aromatic carbocycles. The third-order valence-corrected chi connectivity index (χ3v) is 4.34. The Kier molecular flexibility index (Phi) is 7.33. The second-order valence-corrected chi connectivity index (χ2v) is 6.23.